The summed E-state index contributed by atoms with van der Waals surface area (Å²) in [6.07, 6.45) is -4.78. The van der Waals surface area contributed by atoms with Gasteiger partial charge < -0.3 is 4.74 Å². The lowest BCUT2D eigenvalue weighted by molar-refractivity contribution is -0.274. The van der Waals surface area contributed by atoms with Gasteiger partial charge in [0.2, 0.25) is 0 Å². The molecule has 0 spiro atoms. The summed E-state index contributed by atoms with van der Waals surface area (Å²) in [6.45, 7) is 1.38. The van der Waals surface area contributed by atoms with E-state index in [2.05, 4.69) is 4.74 Å². The second-order valence-corrected chi connectivity index (χ2v) is 5.57. The number of alkyl halides is 3. The van der Waals surface area contributed by atoms with Crippen LogP contribution in [0.15, 0.2) is 42.5 Å². The molecule has 2 rings (SSSR count). The average Bonchev–Trinajstić information content (AvgIpc) is 2.36. The first kappa shape index (κ1) is 16.9. The molecule has 0 amide bonds. The van der Waals surface area contributed by atoms with Crippen LogP contribution in [0.5, 0.6) is 5.75 Å². The number of halogens is 5. The molecule has 1 unspecified atom stereocenters. The molecule has 0 fully saturated rings. The SMILES string of the molecule is CC([O])(c1ccc(OC(F)(F)F)cc1)c1ccc(Cl)cc1Cl. The molecule has 0 aromatic heterocycles. The van der Waals surface area contributed by atoms with Crippen molar-refractivity contribution >= 4 is 23.2 Å². The predicted octanol–water partition coefficient (Wildman–Crippen LogP) is 5.59. The van der Waals surface area contributed by atoms with Crippen LogP contribution in [0.4, 0.5) is 13.2 Å². The Morgan fingerprint density at radius 2 is 1.59 bits per heavy atom. The quantitative estimate of drug-likeness (QED) is 0.710. The molecule has 117 valence electrons. The second-order valence-electron chi connectivity index (χ2n) is 4.73. The Hall–Kier alpha value is -1.43. The fourth-order valence-corrected chi connectivity index (χ4v) is 2.60. The summed E-state index contributed by atoms with van der Waals surface area (Å²) in [7, 11) is 0. The van der Waals surface area contributed by atoms with Crippen molar-refractivity contribution in [1.29, 1.82) is 0 Å². The van der Waals surface area contributed by atoms with E-state index in [1.54, 1.807) is 0 Å². The molecule has 0 aliphatic carbocycles. The summed E-state index contributed by atoms with van der Waals surface area (Å²) in [5.41, 5.74) is -1.20. The van der Waals surface area contributed by atoms with Crippen LogP contribution in [0.2, 0.25) is 10.0 Å². The van der Waals surface area contributed by atoms with Gasteiger partial charge in [-0.2, -0.15) is 0 Å². The zero-order chi connectivity index (χ0) is 16.5. The predicted molar refractivity (Wildman–Crippen MR) is 76.7 cm³/mol. The molecule has 7 heteroatoms. The largest absolute Gasteiger partial charge is 0.573 e. The molecule has 2 nitrogen and oxygen atoms in total. The molecule has 2 aromatic rings. The van der Waals surface area contributed by atoms with E-state index in [9.17, 15) is 18.3 Å². The lowest BCUT2D eigenvalue weighted by atomic mass is 9.88. The molecule has 0 saturated carbocycles. The van der Waals surface area contributed by atoms with Crippen molar-refractivity contribution in [2.24, 2.45) is 0 Å². The van der Waals surface area contributed by atoms with Crippen LogP contribution in [-0.4, -0.2) is 6.36 Å². The zero-order valence-electron chi connectivity index (χ0n) is 11.2. The molecule has 2 aromatic carbocycles. The van der Waals surface area contributed by atoms with Crippen LogP contribution in [0, 0.1) is 0 Å². The summed E-state index contributed by atoms with van der Waals surface area (Å²) >= 11 is 11.8. The Balaban J connectivity index is 2.33. The number of ether oxygens (including phenoxy) is 1. The van der Waals surface area contributed by atoms with Gasteiger partial charge in [0.25, 0.3) is 0 Å². The fraction of sp³-hybridized carbons (Fsp3) is 0.200. The first-order chi connectivity index (χ1) is 10.1. The first-order valence-corrected chi connectivity index (χ1v) is 6.87. The number of rotatable bonds is 3. The van der Waals surface area contributed by atoms with Gasteiger partial charge in [0.05, 0.1) is 0 Å². The van der Waals surface area contributed by atoms with Crippen LogP contribution >= 0.6 is 23.2 Å². The van der Waals surface area contributed by atoms with Gasteiger partial charge in [0, 0.05) is 15.6 Å². The smallest absolute Gasteiger partial charge is 0.406 e. The number of benzene rings is 2. The van der Waals surface area contributed by atoms with E-state index in [0.717, 1.165) is 12.1 Å². The Morgan fingerprint density at radius 1 is 1.00 bits per heavy atom. The number of hydrogen-bond donors (Lipinski definition) is 0. The molecule has 0 N–H and O–H groups in total. The van der Waals surface area contributed by atoms with Gasteiger partial charge in [-0.25, -0.2) is 5.11 Å². The van der Waals surface area contributed by atoms with Crippen molar-refractivity contribution in [1.82, 2.24) is 0 Å². The van der Waals surface area contributed by atoms with E-state index in [0.29, 0.717) is 5.02 Å². The normalized spacial score (nSPS) is 14.5. The summed E-state index contributed by atoms with van der Waals surface area (Å²) in [6, 6.07) is 9.19. The maximum atomic E-state index is 12.8. The minimum absolute atomic E-state index is 0.195. The van der Waals surface area contributed by atoms with Crippen molar-refractivity contribution < 1.29 is 23.0 Å². The maximum Gasteiger partial charge on any atom is 0.573 e. The lowest BCUT2D eigenvalue weighted by Gasteiger charge is -2.23. The Labute approximate surface area is 135 Å². The van der Waals surface area contributed by atoms with Crippen molar-refractivity contribution in [2.75, 3.05) is 0 Å². The van der Waals surface area contributed by atoms with Crippen LogP contribution in [0.3, 0.4) is 0 Å². The van der Waals surface area contributed by atoms with Gasteiger partial charge in [-0.1, -0.05) is 41.4 Å². The molecule has 22 heavy (non-hydrogen) atoms. The van der Waals surface area contributed by atoms with Crippen molar-refractivity contribution in [3.63, 3.8) is 0 Å². The molecule has 0 aliphatic heterocycles. The first-order valence-electron chi connectivity index (χ1n) is 6.12. The third-order valence-electron chi connectivity index (χ3n) is 3.08. The molecular formula is C15H10Cl2F3O2. The molecule has 0 saturated heterocycles. The standard InChI is InChI=1S/C15H10Cl2F3O2/c1-14(21,12-7-4-10(16)8-13(12)17)9-2-5-11(6-3-9)22-15(18,19)20/h2-8H,1H3. The fourth-order valence-electron chi connectivity index (χ4n) is 2.01. The van der Waals surface area contributed by atoms with Gasteiger partial charge in [0.1, 0.15) is 5.75 Å². The van der Waals surface area contributed by atoms with Gasteiger partial charge >= 0.3 is 6.36 Å². The Morgan fingerprint density at radius 3 is 2.09 bits per heavy atom. The molecule has 0 aliphatic rings. The van der Waals surface area contributed by atoms with E-state index < -0.39 is 17.7 Å². The summed E-state index contributed by atoms with van der Waals surface area (Å²) < 4.78 is 40.1. The van der Waals surface area contributed by atoms with E-state index in [1.165, 1.54) is 37.3 Å². The van der Waals surface area contributed by atoms with Gasteiger partial charge in [-0.3, -0.25) is 0 Å². The van der Waals surface area contributed by atoms with E-state index >= 15 is 0 Å². The van der Waals surface area contributed by atoms with Crippen LogP contribution in [0.1, 0.15) is 18.1 Å². The maximum absolute atomic E-state index is 12.8. The highest BCUT2D eigenvalue weighted by atomic mass is 35.5. The monoisotopic (exact) mass is 349 g/mol. The van der Waals surface area contributed by atoms with Crippen LogP contribution in [0.25, 0.3) is 0 Å². The van der Waals surface area contributed by atoms with Gasteiger partial charge in [0.15, 0.2) is 5.60 Å². The Kier molecular flexibility index (Phi) is 4.61. The van der Waals surface area contributed by atoms with E-state index in [4.69, 9.17) is 23.2 Å². The van der Waals surface area contributed by atoms with E-state index in [-0.39, 0.29) is 16.1 Å². The molecule has 1 atom stereocenters. The second kappa shape index (κ2) is 5.99. The highest BCUT2D eigenvalue weighted by molar-refractivity contribution is 6.35. The molecule has 0 heterocycles. The molecule has 1 radical (unpaired) electrons. The van der Waals surface area contributed by atoms with Crippen molar-refractivity contribution in [3.05, 3.63) is 63.6 Å². The lowest BCUT2D eigenvalue weighted by Crippen LogP contribution is -2.22. The van der Waals surface area contributed by atoms with E-state index in [1.807, 2.05) is 0 Å². The van der Waals surface area contributed by atoms with Crippen LogP contribution < -0.4 is 4.74 Å². The van der Waals surface area contributed by atoms with Crippen molar-refractivity contribution in [3.8, 4) is 5.75 Å². The highest BCUT2D eigenvalue weighted by Crippen LogP contribution is 2.36. The Bertz CT molecular complexity index is 667. The highest BCUT2D eigenvalue weighted by Gasteiger charge is 2.33. The number of hydrogen-bond acceptors (Lipinski definition) is 1. The van der Waals surface area contributed by atoms with Gasteiger partial charge in [-0.05, 0) is 36.8 Å². The van der Waals surface area contributed by atoms with Crippen LogP contribution in [-0.2, 0) is 10.7 Å². The topological polar surface area (TPSA) is 29.1 Å². The third kappa shape index (κ3) is 3.85. The summed E-state index contributed by atoms with van der Waals surface area (Å²) in [5, 5.41) is 13.4. The summed E-state index contributed by atoms with van der Waals surface area (Å²) in [5.74, 6) is -0.394. The third-order valence-corrected chi connectivity index (χ3v) is 3.63. The average molecular weight is 350 g/mol. The minimum atomic E-state index is -4.78. The van der Waals surface area contributed by atoms with Crippen molar-refractivity contribution in [2.45, 2.75) is 18.9 Å². The summed E-state index contributed by atoms with van der Waals surface area (Å²) in [4.78, 5) is 0. The molecule has 0 bridgehead atoms. The molecular weight excluding hydrogens is 340 g/mol. The van der Waals surface area contributed by atoms with Gasteiger partial charge in [-0.15, -0.1) is 13.2 Å². The zero-order valence-corrected chi connectivity index (χ0v) is 12.8. The minimum Gasteiger partial charge on any atom is -0.406 e.